The van der Waals surface area contributed by atoms with Crippen molar-refractivity contribution >= 4 is 14.8 Å². The van der Waals surface area contributed by atoms with Crippen molar-refractivity contribution in [1.82, 2.24) is 4.90 Å². The molecule has 4 atom stereocenters. The quantitative estimate of drug-likeness (QED) is 0.275. The van der Waals surface area contributed by atoms with Crippen LogP contribution in [0.4, 0.5) is 0 Å². The van der Waals surface area contributed by atoms with Crippen LogP contribution >= 0.6 is 9.24 Å². The predicted molar refractivity (Wildman–Crippen MR) is 158 cm³/mol. The van der Waals surface area contributed by atoms with E-state index in [1.165, 1.54) is 0 Å². The Bertz CT molecular complexity index is 1190. The van der Waals surface area contributed by atoms with Crippen LogP contribution in [0, 0.1) is 11.8 Å². The maximum Gasteiger partial charge on any atom is 0.149 e. The van der Waals surface area contributed by atoms with Crippen LogP contribution in [0.25, 0.3) is 5.57 Å². The standard InChI is InChI=1S/C32H42NO4P/c1-6-25(34)18-28-17-21(2)30(23-7-11-26(35)12-8-23)31(37-28)24-9-13-27(14-10-24)36-16-15-33-19-22(3)29(20-33)32(4,5)38/h6-14,18,22,29,31,34-35H,15-17,19-20,38H2,1-5H3/b25-6+,28-18+/t22-,29-,31?/m0/s1. The highest BCUT2D eigenvalue weighted by Crippen LogP contribution is 2.44. The summed E-state index contributed by atoms with van der Waals surface area (Å²) in [5.41, 5.74) is 4.25. The summed E-state index contributed by atoms with van der Waals surface area (Å²) in [5.74, 6) is 3.34. The second-order valence-electron chi connectivity index (χ2n) is 11.3. The molecule has 0 radical (unpaired) electrons. The molecule has 1 saturated heterocycles. The van der Waals surface area contributed by atoms with Gasteiger partial charge in [-0.2, -0.15) is 0 Å². The molecule has 204 valence electrons. The van der Waals surface area contributed by atoms with E-state index in [1.807, 2.05) is 24.3 Å². The van der Waals surface area contributed by atoms with Crippen LogP contribution in [0.2, 0.25) is 0 Å². The van der Waals surface area contributed by atoms with Crippen molar-refractivity contribution in [2.24, 2.45) is 11.8 Å². The van der Waals surface area contributed by atoms with Crippen molar-refractivity contribution in [3.63, 3.8) is 0 Å². The van der Waals surface area contributed by atoms with E-state index in [1.54, 1.807) is 31.2 Å². The Hall–Kier alpha value is -2.75. The molecule has 0 spiro atoms. The van der Waals surface area contributed by atoms with Crippen molar-refractivity contribution in [3.05, 3.63) is 88.9 Å². The van der Waals surface area contributed by atoms with E-state index in [0.717, 1.165) is 53.4 Å². The van der Waals surface area contributed by atoms with E-state index in [4.69, 9.17) is 9.47 Å². The lowest BCUT2D eigenvalue weighted by atomic mass is 9.87. The number of benzene rings is 2. The molecular weight excluding hydrogens is 493 g/mol. The van der Waals surface area contributed by atoms with E-state index in [-0.39, 0.29) is 22.8 Å². The molecule has 2 aliphatic heterocycles. The van der Waals surface area contributed by atoms with Crippen molar-refractivity contribution in [1.29, 1.82) is 0 Å². The first-order valence-corrected chi connectivity index (χ1v) is 14.1. The molecule has 2 N–H and O–H groups in total. The molecule has 2 aromatic carbocycles. The highest BCUT2D eigenvalue weighted by molar-refractivity contribution is 7.18. The predicted octanol–water partition coefficient (Wildman–Crippen LogP) is 7.27. The van der Waals surface area contributed by atoms with Crippen molar-refractivity contribution in [2.75, 3.05) is 26.2 Å². The highest BCUT2D eigenvalue weighted by Gasteiger charge is 2.37. The van der Waals surface area contributed by atoms with Gasteiger partial charge in [-0.1, -0.05) is 50.6 Å². The van der Waals surface area contributed by atoms with Gasteiger partial charge in [-0.3, -0.25) is 4.90 Å². The first-order valence-electron chi connectivity index (χ1n) is 13.5. The summed E-state index contributed by atoms with van der Waals surface area (Å²) >= 11 is 0. The van der Waals surface area contributed by atoms with Gasteiger partial charge in [0.1, 0.15) is 35.7 Å². The molecule has 0 saturated carbocycles. The van der Waals surface area contributed by atoms with Gasteiger partial charge in [-0.15, -0.1) is 9.24 Å². The Morgan fingerprint density at radius 3 is 2.42 bits per heavy atom. The molecule has 0 aliphatic carbocycles. The lowest BCUT2D eigenvalue weighted by molar-refractivity contribution is 0.148. The summed E-state index contributed by atoms with van der Waals surface area (Å²) in [6.45, 7) is 14.7. The Morgan fingerprint density at radius 2 is 1.82 bits per heavy atom. The number of likely N-dealkylation sites (tertiary alicyclic amines) is 1. The minimum absolute atomic E-state index is 0.184. The van der Waals surface area contributed by atoms with Crippen LogP contribution < -0.4 is 4.74 Å². The second kappa shape index (κ2) is 12.0. The molecule has 0 amide bonds. The van der Waals surface area contributed by atoms with E-state index < -0.39 is 0 Å². The third kappa shape index (κ3) is 6.81. The Morgan fingerprint density at radius 1 is 1.13 bits per heavy atom. The highest BCUT2D eigenvalue weighted by atomic mass is 31.0. The van der Waals surface area contributed by atoms with E-state index in [9.17, 15) is 10.2 Å². The topological polar surface area (TPSA) is 62.2 Å². The van der Waals surface area contributed by atoms with Gasteiger partial charge in [0.05, 0.1) is 0 Å². The number of aromatic hydroxyl groups is 1. The van der Waals surface area contributed by atoms with Crippen LogP contribution in [0.3, 0.4) is 0 Å². The van der Waals surface area contributed by atoms with E-state index in [0.29, 0.717) is 24.9 Å². The molecule has 2 aliphatic rings. The van der Waals surface area contributed by atoms with Gasteiger partial charge in [-0.25, -0.2) is 0 Å². The largest absolute Gasteiger partial charge is 0.508 e. The van der Waals surface area contributed by atoms with Gasteiger partial charge in [0, 0.05) is 37.7 Å². The van der Waals surface area contributed by atoms with Crippen LogP contribution in [-0.4, -0.2) is 46.5 Å². The Labute approximate surface area is 230 Å². The molecule has 2 heterocycles. The van der Waals surface area contributed by atoms with Gasteiger partial charge in [0.25, 0.3) is 0 Å². The summed E-state index contributed by atoms with van der Waals surface area (Å²) in [6.07, 6.45) is 3.60. The number of ether oxygens (including phenoxy) is 2. The molecule has 1 fully saturated rings. The normalized spacial score (nSPS) is 24.1. The molecule has 2 unspecified atom stereocenters. The minimum atomic E-state index is -0.337. The van der Waals surface area contributed by atoms with Crippen LogP contribution in [0.5, 0.6) is 11.5 Å². The zero-order chi connectivity index (χ0) is 27.4. The number of phenols is 1. The average Bonchev–Trinajstić information content (AvgIpc) is 3.26. The van der Waals surface area contributed by atoms with E-state index in [2.05, 4.69) is 54.0 Å². The fourth-order valence-electron chi connectivity index (χ4n) is 5.69. The van der Waals surface area contributed by atoms with Crippen LogP contribution in [0.15, 0.2) is 77.8 Å². The van der Waals surface area contributed by atoms with Gasteiger partial charge in [0.2, 0.25) is 0 Å². The van der Waals surface area contributed by atoms with Crippen molar-refractivity contribution in [2.45, 2.75) is 52.3 Å². The number of aliphatic hydroxyl groups is 1. The number of hydrogen-bond donors (Lipinski definition) is 2. The molecule has 2 aromatic rings. The van der Waals surface area contributed by atoms with Gasteiger partial charge in [-0.05, 0) is 72.3 Å². The zero-order valence-corrected chi connectivity index (χ0v) is 24.4. The summed E-state index contributed by atoms with van der Waals surface area (Å²) in [6, 6.07) is 15.4. The monoisotopic (exact) mass is 535 g/mol. The van der Waals surface area contributed by atoms with E-state index >= 15 is 0 Å². The SMILES string of the molecule is C/C=C(O)\C=C1/CC(C)=C(c2ccc(O)cc2)C(c2ccc(OCCN3C[C@H](C)[C@@H](C(C)(C)P)C3)cc2)O1. The third-order valence-electron chi connectivity index (χ3n) is 7.72. The molecule has 0 aromatic heterocycles. The second-order valence-corrected chi connectivity index (χ2v) is 12.8. The van der Waals surface area contributed by atoms with Crippen molar-refractivity contribution in [3.8, 4) is 11.5 Å². The Balaban J connectivity index is 1.47. The maximum absolute atomic E-state index is 10.1. The maximum atomic E-state index is 10.1. The van der Waals surface area contributed by atoms with Crippen molar-refractivity contribution < 1.29 is 19.7 Å². The summed E-state index contributed by atoms with van der Waals surface area (Å²) in [5, 5.41) is 20.1. The number of phenolic OH excluding ortho intramolecular Hbond substituents is 1. The number of nitrogens with zero attached hydrogens (tertiary/aromatic N) is 1. The third-order valence-corrected chi connectivity index (χ3v) is 8.14. The Kier molecular flexibility index (Phi) is 8.90. The van der Waals surface area contributed by atoms with Gasteiger partial charge in [0.15, 0.2) is 0 Å². The number of allylic oxidation sites excluding steroid dienone is 3. The summed E-state index contributed by atoms with van der Waals surface area (Å²) in [7, 11) is 3.02. The van der Waals surface area contributed by atoms with Gasteiger partial charge < -0.3 is 19.7 Å². The smallest absolute Gasteiger partial charge is 0.149 e. The van der Waals surface area contributed by atoms with Gasteiger partial charge >= 0.3 is 0 Å². The first kappa shape index (κ1) is 28.3. The first-order chi connectivity index (χ1) is 18.0. The fourth-order valence-corrected chi connectivity index (χ4v) is 6.12. The number of rotatable bonds is 8. The number of hydrogen-bond acceptors (Lipinski definition) is 5. The zero-order valence-electron chi connectivity index (χ0n) is 23.3. The number of aliphatic hydroxyl groups excluding tert-OH is 1. The lowest BCUT2D eigenvalue weighted by Crippen LogP contribution is -2.31. The minimum Gasteiger partial charge on any atom is -0.508 e. The molecular formula is C32H42NO4P. The molecule has 6 heteroatoms. The molecule has 4 rings (SSSR count). The summed E-state index contributed by atoms with van der Waals surface area (Å²) in [4.78, 5) is 2.51. The fraction of sp³-hybridized carbons (Fsp3) is 0.438. The summed E-state index contributed by atoms with van der Waals surface area (Å²) < 4.78 is 12.6. The lowest BCUT2D eigenvalue weighted by Gasteiger charge is -2.31. The van der Waals surface area contributed by atoms with Crippen LogP contribution in [-0.2, 0) is 4.74 Å². The molecule has 5 nitrogen and oxygen atoms in total. The van der Waals surface area contributed by atoms with Crippen LogP contribution in [0.1, 0.15) is 58.3 Å². The molecule has 0 bridgehead atoms. The average molecular weight is 536 g/mol. The molecule has 38 heavy (non-hydrogen) atoms.